The fourth-order valence-electron chi connectivity index (χ4n) is 9.03. The van der Waals surface area contributed by atoms with E-state index in [9.17, 15) is 20.2 Å². The van der Waals surface area contributed by atoms with Crippen molar-refractivity contribution in [1.82, 2.24) is 9.55 Å². The number of para-hydroxylation sites is 6. The number of nitrogens with one attached hydrogen (secondary N) is 1. The van der Waals surface area contributed by atoms with Gasteiger partial charge in [0.05, 0.1) is 37.5 Å². The van der Waals surface area contributed by atoms with Crippen molar-refractivity contribution < 1.29 is 9.85 Å². The maximum absolute atomic E-state index is 11.8. The van der Waals surface area contributed by atoms with Gasteiger partial charge in [-0.1, -0.05) is 198 Å². The number of hydrogen-bond donors (Lipinski definition) is 1. The summed E-state index contributed by atoms with van der Waals surface area (Å²) in [5, 5.41) is 27.5. The standard InChI is InChI=1S/C30H20N2O2.C18H12N2O2.C12H9Br/c33-32(34)29-16-7-5-12-25(29)27-14-8-13-26-24-11-4-6-15-28(24)31(30(26)27)23-19-17-22(18-20-23)21-9-2-1-3-10-21;21-20(22)17-11-4-2-7-13(17)15-9-5-8-14-12-6-1-3-10-16(12)19-18(14)15;13-12-8-6-11(7-9-12)10-4-2-1-3-5-10/h1-20H;1-11,19H;1-9H. The molecule has 0 aliphatic heterocycles. The Morgan fingerprint density at radius 3 is 1.42 bits per heavy atom. The van der Waals surface area contributed by atoms with E-state index in [0.29, 0.717) is 11.1 Å². The van der Waals surface area contributed by atoms with Crippen molar-refractivity contribution in [2.24, 2.45) is 0 Å². The summed E-state index contributed by atoms with van der Waals surface area (Å²) in [6.07, 6.45) is 0. The summed E-state index contributed by atoms with van der Waals surface area (Å²) >= 11 is 3.42. The topological polar surface area (TPSA) is 107 Å². The van der Waals surface area contributed by atoms with Crippen LogP contribution in [0.25, 0.3) is 93.8 Å². The number of aromatic amines is 1. The Kier molecular flexibility index (Phi) is 12.4. The molecule has 0 amide bonds. The Morgan fingerprint density at radius 2 is 0.812 bits per heavy atom. The normalized spacial score (nSPS) is 10.9. The molecule has 12 aromatic rings. The van der Waals surface area contributed by atoms with Gasteiger partial charge in [0.25, 0.3) is 11.4 Å². The maximum Gasteiger partial charge on any atom is 0.277 e. The quantitative estimate of drug-likeness (QED) is 0.127. The van der Waals surface area contributed by atoms with Gasteiger partial charge in [-0.2, -0.15) is 0 Å². The molecular weight excluding hydrogens is 921 g/mol. The molecule has 12 rings (SSSR count). The van der Waals surface area contributed by atoms with E-state index in [2.05, 4.69) is 135 Å². The Labute approximate surface area is 405 Å². The minimum atomic E-state index is -0.336. The summed E-state index contributed by atoms with van der Waals surface area (Å²) in [6, 6.07) is 79.5. The predicted molar refractivity (Wildman–Crippen MR) is 286 cm³/mol. The number of H-pyrrole nitrogens is 1. The van der Waals surface area contributed by atoms with E-state index in [-0.39, 0.29) is 21.2 Å². The second-order valence-corrected chi connectivity index (χ2v) is 17.2. The van der Waals surface area contributed by atoms with Crippen molar-refractivity contribution in [3.05, 3.63) is 267 Å². The first-order chi connectivity index (χ1) is 33.8. The van der Waals surface area contributed by atoms with Crippen LogP contribution in [-0.4, -0.2) is 19.4 Å². The van der Waals surface area contributed by atoms with Crippen LogP contribution in [0.2, 0.25) is 0 Å². The molecule has 69 heavy (non-hydrogen) atoms. The molecule has 0 atom stereocenters. The third-order valence-corrected chi connectivity index (χ3v) is 12.7. The van der Waals surface area contributed by atoms with Gasteiger partial charge in [-0.25, -0.2) is 0 Å². The maximum atomic E-state index is 11.8. The highest BCUT2D eigenvalue weighted by molar-refractivity contribution is 9.10. The second kappa shape index (κ2) is 19.5. The van der Waals surface area contributed by atoms with Gasteiger partial charge >= 0.3 is 0 Å². The zero-order valence-corrected chi connectivity index (χ0v) is 38.5. The molecule has 8 nitrogen and oxygen atoms in total. The molecule has 10 aromatic carbocycles. The van der Waals surface area contributed by atoms with E-state index >= 15 is 0 Å². The Balaban J connectivity index is 0.000000134. The molecule has 0 saturated heterocycles. The average Bonchev–Trinajstić information content (AvgIpc) is 3.96. The van der Waals surface area contributed by atoms with Crippen molar-refractivity contribution in [1.29, 1.82) is 0 Å². The highest BCUT2D eigenvalue weighted by atomic mass is 79.9. The zero-order valence-electron chi connectivity index (χ0n) is 36.9. The smallest absolute Gasteiger partial charge is 0.277 e. The van der Waals surface area contributed by atoms with E-state index in [1.807, 2.05) is 103 Å². The van der Waals surface area contributed by atoms with Crippen LogP contribution < -0.4 is 0 Å². The van der Waals surface area contributed by atoms with Crippen LogP contribution in [0.4, 0.5) is 11.4 Å². The molecule has 0 fully saturated rings. The minimum Gasteiger partial charge on any atom is -0.354 e. The van der Waals surface area contributed by atoms with Crippen LogP contribution in [0.5, 0.6) is 0 Å². The molecule has 0 saturated carbocycles. The van der Waals surface area contributed by atoms with E-state index in [0.717, 1.165) is 76.0 Å². The molecule has 0 unspecified atom stereocenters. The van der Waals surface area contributed by atoms with E-state index in [4.69, 9.17) is 0 Å². The van der Waals surface area contributed by atoms with Gasteiger partial charge < -0.3 is 9.55 Å². The molecular formula is C60H41BrN4O4. The van der Waals surface area contributed by atoms with E-state index in [1.165, 1.54) is 17.2 Å². The van der Waals surface area contributed by atoms with Gasteiger partial charge in [-0.05, 0) is 70.8 Å². The molecule has 2 heterocycles. The van der Waals surface area contributed by atoms with Crippen molar-refractivity contribution in [3.8, 4) is 50.2 Å². The van der Waals surface area contributed by atoms with Crippen molar-refractivity contribution in [3.63, 3.8) is 0 Å². The summed E-state index contributed by atoms with van der Waals surface area (Å²) in [5.41, 5.74) is 13.0. The fourth-order valence-corrected chi connectivity index (χ4v) is 9.29. The van der Waals surface area contributed by atoms with Crippen molar-refractivity contribution in [2.75, 3.05) is 0 Å². The number of nitro benzene ring substituents is 2. The summed E-state index contributed by atoms with van der Waals surface area (Å²) < 4.78 is 3.33. The van der Waals surface area contributed by atoms with Crippen LogP contribution in [0.1, 0.15) is 0 Å². The summed E-state index contributed by atoms with van der Waals surface area (Å²) in [5.74, 6) is 0. The molecule has 2 aromatic heterocycles. The van der Waals surface area contributed by atoms with Crippen molar-refractivity contribution >= 4 is 70.9 Å². The highest BCUT2D eigenvalue weighted by Crippen LogP contribution is 2.41. The molecule has 332 valence electrons. The number of nitrogens with zero attached hydrogens (tertiary/aromatic N) is 3. The molecule has 0 spiro atoms. The van der Waals surface area contributed by atoms with Crippen LogP contribution in [0.3, 0.4) is 0 Å². The Bertz CT molecular complexity index is 3790. The lowest BCUT2D eigenvalue weighted by Crippen LogP contribution is -1.97. The SMILES string of the molecule is Brc1ccc(-c2ccccc2)cc1.O=[N+]([O-])c1ccccc1-c1cccc2c1[nH]c1ccccc12.O=[N+]([O-])c1ccccc1-c1cccc2c3ccccc3n(-c3ccc(-c4ccccc4)cc3)c12. The summed E-state index contributed by atoms with van der Waals surface area (Å²) in [6.45, 7) is 0. The average molecular weight is 962 g/mol. The van der Waals surface area contributed by atoms with E-state index < -0.39 is 0 Å². The predicted octanol–water partition coefficient (Wildman–Crippen LogP) is 17.0. The van der Waals surface area contributed by atoms with Gasteiger partial charge in [-0.3, -0.25) is 20.2 Å². The molecule has 1 N–H and O–H groups in total. The van der Waals surface area contributed by atoms with Crippen LogP contribution in [0.15, 0.2) is 247 Å². The first-order valence-electron chi connectivity index (χ1n) is 22.3. The molecule has 0 radical (unpaired) electrons. The molecule has 9 heteroatoms. The van der Waals surface area contributed by atoms with Crippen LogP contribution in [-0.2, 0) is 0 Å². The lowest BCUT2D eigenvalue weighted by Gasteiger charge is -2.12. The summed E-state index contributed by atoms with van der Waals surface area (Å²) in [4.78, 5) is 25.9. The number of halogens is 1. The first kappa shape index (κ1) is 43.9. The third-order valence-electron chi connectivity index (χ3n) is 12.2. The lowest BCUT2D eigenvalue weighted by atomic mass is 10.0. The van der Waals surface area contributed by atoms with Gasteiger partial charge in [0, 0.05) is 60.5 Å². The Hall–Kier alpha value is -8.92. The molecule has 0 bridgehead atoms. The number of aromatic nitrogens is 2. The molecule has 0 aliphatic carbocycles. The zero-order chi connectivity index (χ0) is 47.3. The van der Waals surface area contributed by atoms with E-state index in [1.54, 1.807) is 24.3 Å². The van der Waals surface area contributed by atoms with Crippen LogP contribution >= 0.6 is 15.9 Å². The number of nitro groups is 2. The third kappa shape index (κ3) is 8.90. The number of fused-ring (bicyclic) bond motifs is 6. The minimum absolute atomic E-state index is 0.103. The van der Waals surface area contributed by atoms with Gasteiger partial charge in [0.2, 0.25) is 0 Å². The van der Waals surface area contributed by atoms with Gasteiger partial charge in [-0.15, -0.1) is 0 Å². The molecule has 0 aliphatic rings. The van der Waals surface area contributed by atoms with Crippen LogP contribution in [0, 0.1) is 20.2 Å². The monoisotopic (exact) mass is 960 g/mol. The number of hydrogen-bond acceptors (Lipinski definition) is 4. The highest BCUT2D eigenvalue weighted by Gasteiger charge is 2.22. The second-order valence-electron chi connectivity index (χ2n) is 16.3. The first-order valence-corrected chi connectivity index (χ1v) is 23.1. The Morgan fingerprint density at radius 1 is 0.377 bits per heavy atom. The van der Waals surface area contributed by atoms with Crippen molar-refractivity contribution in [2.45, 2.75) is 0 Å². The summed E-state index contributed by atoms with van der Waals surface area (Å²) in [7, 11) is 0. The lowest BCUT2D eigenvalue weighted by molar-refractivity contribution is -0.384. The fraction of sp³-hybridized carbons (Fsp3) is 0. The number of rotatable bonds is 7. The van der Waals surface area contributed by atoms with Gasteiger partial charge in [0.15, 0.2) is 0 Å². The largest absolute Gasteiger partial charge is 0.354 e. The number of benzene rings is 10. The van der Waals surface area contributed by atoms with Gasteiger partial charge in [0.1, 0.15) is 0 Å².